The molecule has 2 unspecified atom stereocenters. The summed E-state index contributed by atoms with van der Waals surface area (Å²) in [5.41, 5.74) is 0.760. The monoisotopic (exact) mass is 262 g/mol. The summed E-state index contributed by atoms with van der Waals surface area (Å²) in [7, 11) is 1.52. The van der Waals surface area contributed by atoms with Crippen molar-refractivity contribution in [3.8, 4) is 11.8 Å². The van der Waals surface area contributed by atoms with Gasteiger partial charge in [-0.1, -0.05) is 19.3 Å². The predicted octanol–water partition coefficient (Wildman–Crippen LogP) is 3.72. The van der Waals surface area contributed by atoms with E-state index in [0.717, 1.165) is 31.4 Å². The fraction of sp³-hybridized carbons (Fsp3) is 0.533. The molecule has 19 heavy (non-hydrogen) atoms. The summed E-state index contributed by atoms with van der Waals surface area (Å²) in [6.45, 7) is 0. The van der Waals surface area contributed by atoms with Crippen molar-refractivity contribution in [3.05, 3.63) is 24.0 Å². The van der Waals surface area contributed by atoms with Crippen LogP contribution >= 0.6 is 0 Å². The Morgan fingerprint density at radius 1 is 1.32 bits per heavy atom. The van der Waals surface area contributed by atoms with Crippen LogP contribution in [0.5, 0.6) is 5.75 Å². The molecule has 2 atom stereocenters. The Bertz CT molecular complexity index is 470. The van der Waals surface area contributed by atoms with Gasteiger partial charge >= 0.3 is 0 Å². The van der Waals surface area contributed by atoms with E-state index in [-0.39, 0.29) is 17.8 Å². The first-order valence-electron chi connectivity index (χ1n) is 6.74. The van der Waals surface area contributed by atoms with Gasteiger partial charge < -0.3 is 10.1 Å². The summed E-state index contributed by atoms with van der Waals surface area (Å²) < 4.78 is 18.3. The van der Waals surface area contributed by atoms with Crippen molar-refractivity contribution < 1.29 is 9.13 Å². The standard InChI is InChI=1S/C15H19FN2O/c1-19-15-9-12(16)7-8-14(15)18-13-6-4-2-3-5-11(13)10-17/h7-9,11,13,18H,2-6H2,1H3. The zero-order valence-corrected chi connectivity index (χ0v) is 11.2. The van der Waals surface area contributed by atoms with Gasteiger partial charge in [-0.15, -0.1) is 0 Å². The molecule has 0 spiro atoms. The fourth-order valence-electron chi connectivity index (χ4n) is 2.62. The first-order valence-corrected chi connectivity index (χ1v) is 6.74. The second-order valence-corrected chi connectivity index (χ2v) is 4.97. The zero-order valence-electron chi connectivity index (χ0n) is 11.2. The Morgan fingerprint density at radius 2 is 2.11 bits per heavy atom. The lowest BCUT2D eigenvalue weighted by Gasteiger charge is -2.23. The van der Waals surface area contributed by atoms with Crippen LogP contribution < -0.4 is 10.1 Å². The van der Waals surface area contributed by atoms with E-state index in [1.165, 1.54) is 25.7 Å². The third-order valence-corrected chi connectivity index (χ3v) is 3.69. The highest BCUT2D eigenvalue weighted by Crippen LogP contribution is 2.30. The molecule has 0 radical (unpaired) electrons. The molecule has 1 aliphatic rings. The number of rotatable bonds is 3. The van der Waals surface area contributed by atoms with Crippen LogP contribution in [-0.2, 0) is 0 Å². The van der Waals surface area contributed by atoms with Crippen molar-refractivity contribution in [1.82, 2.24) is 0 Å². The number of hydrogen-bond donors (Lipinski definition) is 1. The van der Waals surface area contributed by atoms with Crippen LogP contribution in [0.15, 0.2) is 18.2 Å². The lowest BCUT2D eigenvalue weighted by Crippen LogP contribution is -2.27. The lowest BCUT2D eigenvalue weighted by molar-refractivity contribution is 0.411. The van der Waals surface area contributed by atoms with Crippen molar-refractivity contribution in [2.75, 3.05) is 12.4 Å². The topological polar surface area (TPSA) is 45.0 Å². The highest BCUT2D eigenvalue weighted by molar-refractivity contribution is 5.57. The average Bonchev–Trinajstić information content (AvgIpc) is 2.65. The van der Waals surface area contributed by atoms with E-state index >= 15 is 0 Å². The van der Waals surface area contributed by atoms with E-state index in [4.69, 9.17) is 4.74 Å². The molecule has 1 aromatic carbocycles. The second-order valence-electron chi connectivity index (χ2n) is 4.97. The maximum Gasteiger partial charge on any atom is 0.144 e. The molecule has 2 rings (SSSR count). The van der Waals surface area contributed by atoms with E-state index in [1.807, 2.05) is 0 Å². The summed E-state index contributed by atoms with van der Waals surface area (Å²) in [6.07, 6.45) is 5.31. The normalized spacial score (nSPS) is 23.2. The van der Waals surface area contributed by atoms with Gasteiger partial charge in [0.1, 0.15) is 11.6 Å². The number of ether oxygens (including phenoxy) is 1. The van der Waals surface area contributed by atoms with E-state index in [2.05, 4.69) is 11.4 Å². The molecule has 1 saturated carbocycles. The Kier molecular flexibility index (Phi) is 4.62. The molecule has 3 nitrogen and oxygen atoms in total. The van der Waals surface area contributed by atoms with Crippen LogP contribution in [0, 0.1) is 23.1 Å². The molecule has 1 aliphatic carbocycles. The van der Waals surface area contributed by atoms with Crippen LogP contribution in [0.25, 0.3) is 0 Å². The van der Waals surface area contributed by atoms with Gasteiger partial charge in [-0.2, -0.15) is 5.26 Å². The molecule has 102 valence electrons. The molecule has 4 heteroatoms. The highest BCUT2D eigenvalue weighted by atomic mass is 19.1. The first-order chi connectivity index (χ1) is 9.24. The van der Waals surface area contributed by atoms with Crippen LogP contribution in [0.3, 0.4) is 0 Å². The summed E-state index contributed by atoms with van der Waals surface area (Å²) >= 11 is 0. The summed E-state index contributed by atoms with van der Waals surface area (Å²) in [5.74, 6) is 0.179. The van der Waals surface area contributed by atoms with Crippen molar-refractivity contribution in [1.29, 1.82) is 5.26 Å². The Hall–Kier alpha value is -1.76. The Balaban J connectivity index is 2.16. The van der Waals surface area contributed by atoms with Gasteiger partial charge in [0.2, 0.25) is 0 Å². The quantitative estimate of drug-likeness (QED) is 0.844. The number of nitriles is 1. The minimum absolute atomic E-state index is 0.0114. The van der Waals surface area contributed by atoms with Crippen molar-refractivity contribution in [2.24, 2.45) is 5.92 Å². The molecule has 0 aliphatic heterocycles. The van der Waals surface area contributed by atoms with Crippen LogP contribution in [0.2, 0.25) is 0 Å². The third-order valence-electron chi connectivity index (χ3n) is 3.69. The van der Waals surface area contributed by atoms with Crippen LogP contribution in [0.4, 0.5) is 10.1 Å². The number of halogens is 1. The van der Waals surface area contributed by atoms with Gasteiger partial charge in [-0.05, 0) is 25.0 Å². The molecule has 1 fully saturated rings. The lowest BCUT2D eigenvalue weighted by atomic mass is 9.96. The number of hydrogen-bond acceptors (Lipinski definition) is 3. The van der Waals surface area contributed by atoms with Gasteiger partial charge in [0.05, 0.1) is 24.8 Å². The van der Waals surface area contributed by atoms with E-state index in [0.29, 0.717) is 5.75 Å². The smallest absolute Gasteiger partial charge is 0.144 e. The molecule has 0 heterocycles. The summed E-state index contributed by atoms with van der Waals surface area (Å²) in [5, 5.41) is 12.6. The molecule has 0 saturated heterocycles. The molecule has 0 bridgehead atoms. The Labute approximate surface area is 113 Å². The van der Waals surface area contributed by atoms with Crippen molar-refractivity contribution >= 4 is 5.69 Å². The number of methoxy groups -OCH3 is 1. The molecule has 1 N–H and O–H groups in total. The number of anilines is 1. The Morgan fingerprint density at radius 3 is 2.84 bits per heavy atom. The van der Waals surface area contributed by atoms with E-state index in [9.17, 15) is 9.65 Å². The van der Waals surface area contributed by atoms with E-state index < -0.39 is 0 Å². The largest absolute Gasteiger partial charge is 0.494 e. The number of nitrogens with zero attached hydrogens (tertiary/aromatic N) is 1. The molecular weight excluding hydrogens is 243 g/mol. The number of benzene rings is 1. The minimum Gasteiger partial charge on any atom is -0.494 e. The maximum absolute atomic E-state index is 13.2. The van der Waals surface area contributed by atoms with Gasteiger partial charge in [-0.25, -0.2) is 4.39 Å². The van der Waals surface area contributed by atoms with Gasteiger partial charge in [0.15, 0.2) is 0 Å². The molecule has 1 aromatic rings. The third kappa shape index (κ3) is 3.37. The SMILES string of the molecule is COc1cc(F)ccc1NC1CCCCCC1C#N. The fourth-order valence-corrected chi connectivity index (χ4v) is 2.62. The molecule has 0 aromatic heterocycles. The highest BCUT2D eigenvalue weighted by Gasteiger charge is 2.24. The summed E-state index contributed by atoms with van der Waals surface area (Å²) in [6, 6.07) is 6.94. The second kappa shape index (κ2) is 6.42. The molecule has 0 amide bonds. The predicted molar refractivity (Wildman–Crippen MR) is 72.6 cm³/mol. The van der Waals surface area contributed by atoms with Crippen LogP contribution in [-0.4, -0.2) is 13.2 Å². The van der Waals surface area contributed by atoms with Crippen molar-refractivity contribution in [3.63, 3.8) is 0 Å². The van der Waals surface area contributed by atoms with Crippen molar-refractivity contribution in [2.45, 2.75) is 38.1 Å². The molecular formula is C15H19FN2O. The maximum atomic E-state index is 13.2. The van der Waals surface area contributed by atoms with E-state index in [1.54, 1.807) is 6.07 Å². The number of nitrogens with one attached hydrogen (secondary N) is 1. The van der Waals surface area contributed by atoms with Gasteiger partial charge in [0.25, 0.3) is 0 Å². The van der Waals surface area contributed by atoms with Gasteiger partial charge in [-0.3, -0.25) is 0 Å². The zero-order chi connectivity index (χ0) is 13.7. The minimum atomic E-state index is -0.319. The van der Waals surface area contributed by atoms with Crippen LogP contribution in [0.1, 0.15) is 32.1 Å². The average molecular weight is 262 g/mol. The first kappa shape index (κ1) is 13.7. The van der Waals surface area contributed by atoms with Gasteiger partial charge in [0, 0.05) is 12.1 Å². The summed E-state index contributed by atoms with van der Waals surface area (Å²) in [4.78, 5) is 0.